The summed E-state index contributed by atoms with van der Waals surface area (Å²) in [6.07, 6.45) is 2.52. The van der Waals surface area contributed by atoms with Crippen molar-refractivity contribution in [1.82, 2.24) is 0 Å². The molecule has 0 bridgehead atoms. The largest absolute Gasteiger partial charge is 0.518 e. The molecule has 0 saturated carbocycles. The minimum atomic E-state index is 0.862. The van der Waals surface area contributed by atoms with E-state index < -0.39 is 0 Å². The van der Waals surface area contributed by atoms with Gasteiger partial charge in [0.1, 0.15) is 0 Å². The molecule has 0 aliphatic rings. The Balaban J connectivity index is 2.72. The average Bonchev–Trinajstić information content (AvgIpc) is 1.91. The standard InChI is InChI=1S/C9H9/c1-2-6-9-7-4-3-5-8-9/h1-5,7-8H,6H2/q-1. The fraction of sp³-hybridized carbons (Fsp3) is 0.111. The molecule has 0 fully saturated rings. The summed E-state index contributed by atoms with van der Waals surface area (Å²) in [7, 11) is 0. The van der Waals surface area contributed by atoms with Crippen molar-refractivity contribution in [2.45, 2.75) is 6.42 Å². The van der Waals surface area contributed by atoms with Crippen molar-refractivity contribution in [3.8, 4) is 0 Å². The van der Waals surface area contributed by atoms with Crippen LogP contribution in [0.15, 0.2) is 36.4 Å². The van der Waals surface area contributed by atoms with Gasteiger partial charge in [-0.15, -0.1) is 0 Å². The van der Waals surface area contributed by atoms with Gasteiger partial charge in [-0.2, -0.15) is 0 Å². The zero-order valence-electron chi connectivity index (χ0n) is 5.25. The van der Waals surface area contributed by atoms with E-state index in [-0.39, 0.29) is 0 Å². The van der Waals surface area contributed by atoms with Gasteiger partial charge in [0.15, 0.2) is 0 Å². The Morgan fingerprint density at radius 1 is 1.22 bits per heavy atom. The molecule has 1 rings (SSSR count). The first-order chi connectivity index (χ1) is 4.43. The Labute approximate surface area is 55.8 Å². The van der Waals surface area contributed by atoms with Crippen molar-refractivity contribution in [1.29, 1.82) is 0 Å². The van der Waals surface area contributed by atoms with Gasteiger partial charge < -0.3 is 6.58 Å². The molecule has 9 heavy (non-hydrogen) atoms. The highest BCUT2D eigenvalue weighted by molar-refractivity contribution is 5.16. The van der Waals surface area contributed by atoms with E-state index in [0.29, 0.717) is 0 Å². The van der Waals surface area contributed by atoms with E-state index in [4.69, 9.17) is 6.58 Å². The lowest BCUT2D eigenvalue weighted by atomic mass is 10.2. The molecule has 0 nitrogen and oxygen atoms in total. The Kier molecular flexibility index (Phi) is 2.08. The summed E-state index contributed by atoms with van der Waals surface area (Å²) in [6.45, 7) is 5.24. The summed E-state index contributed by atoms with van der Waals surface area (Å²) in [4.78, 5) is 0. The van der Waals surface area contributed by atoms with Crippen molar-refractivity contribution in [3.63, 3.8) is 0 Å². The average molecular weight is 117 g/mol. The highest BCUT2D eigenvalue weighted by atomic mass is 13.9. The maximum Gasteiger partial charge on any atom is -0.0418 e. The second-order valence-electron chi connectivity index (χ2n) is 1.93. The van der Waals surface area contributed by atoms with Crippen LogP contribution >= 0.6 is 0 Å². The summed E-state index contributed by atoms with van der Waals surface area (Å²) in [5.74, 6) is 0. The zero-order valence-corrected chi connectivity index (χ0v) is 5.25. The van der Waals surface area contributed by atoms with Crippen LogP contribution in [0.4, 0.5) is 0 Å². The third kappa shape index (κ3) is 1.73. The Bertz CT molecular complexity index is 174. The van der Waals surface area contributed by atoms with Gasteiger partial charge in [0.05, 0.1) is 0 Å². The van der Waals surface area contributed by atoms with Crippen LogP contribution in [0.1, 0.15) is 5.56 Å². The second-order valence-corrected chi connectivity index (χ2v) is 1.93. The van der Waals surface area contributed by atoms with Crippen molar-refractivity contribution in [2.75, 3.05) is 0 Å². The van der Waals surface area contributed by atoms with E-state index in [1.54, 1.807) is 6.08 Å². The van der Waals surface area contributed by atoms with Crippen LogP contribution in [0, 0.1) is 6.58 Å². The molecule has 0 saturated heterocycles. The molecular weight excluding hydrogens is 108 g/mol. The van der Waals surface area contributed by atoms with Gasteiger partial charge in [-0.05, 0) is 12.0 Å². The minimum absolute atomic E-state index is 0.862. The van der Waals surface area contributed by atoms with Crippen LogP contribution in [-0.4, -0.2) is 0 Å². The molecule has 0 unspecified atom stereocenters. The van der Waals surface area contributed by atoms with Gasteiger partial charge in [0.2, 0.25) is 0 Å². The molecule has 0 radical (unpaired) electrons. The first-order valence-electron chi connectivity index (χ1n) is 3.01. The number of benzene rings is 1. The van der Waals surface area contributed by atoms with E-state index in [1.165, 1.54) is 5.56 Å². The summed E-state index contributed by atoms with van der Waals surface area (Å²) >= 11 is 0. The number of hydrogen-bond donors (Lipinski definition) is 0. The van der Waals surface area contributed by atoms with Crippen LogP contribution < -0.4 is 0 Å². The van der Waals surface area contributed by atoms with Crippen LogP contribution in [0.5, 0.6) is 0 Å². The molecule has 1 aromatic rings. The fourth-order valence-electron chi connectivity index (χ4n) is 0.750. The highest BCUT2D eigenvalue weighted by Crippen LogP contribution is 1.98. The molecule has 0 aliphatic heterocycles. The molecule has 0 heteroatoms. The van der Waals surface area contributed by atoms with Gasteiger partial charge in [-0.1, -0.05) is 30.3 Å². The first-order valence-corrected chi connectivity index (χ1v) is 3.01. The van der Waals surface area contributed by atoms with Gasteiger partial charge in [-0.3, -0.25) is 6.08 Å². The third-order valence-electron chi connectivity index (χ3n) is 1.20. The SMILES string of the molecule is [CH-]=CCc1ccccc1. The van der Waals surface area contributed by atoms with E-state index in [1.807, 2.05) is 18.2 Å². The molecule has 0 spiro atoms. The van der Waals surface area contributed by atoms with Crippen LogP contribution in [0.25, 0.3) is 0 Å². The molecule has 0 heterocycles. The van der Waals surface area contributed by atoms with E-state index >= 15 is 0 Å². The highest BCUT2D eigenvalue weighted by Gasteiger charge is 1.79. The van der Waals surface area contributed by atoms with Crippen LogP contribution in [0.2, 0.25) is 0 Å². The lowest BCUT2D eigenvalue weighted by molar-refractivity contribution is 1.27. The molecule has 0 amide bonds. The lowest BCUT2D eigenvalue weighted by Crippen LogP contribution is -1.75. The van der Waals surface area contributed by atoms with Crippen molar-refractivity contribution in [3.05, 3.63) is 48.6 Å². The van der Waals surface area contributed by atoms with Crippen LogP contribution in [-0.2, 0) is 6.42 Å². The molecule has 1 aromatic carbocycles. The van der Waals surface area contributed by atoms with E-state index in [0.717, 1.165) is 6.42 Å². The van der Waals surface area contributed by atoms with Crippen molar-refractivity contribution >= 4 is 0 Å². The maximum absolute atomic E-state index is 5.24. The molecule has 46 valence electrons. The summed E-state index contributed by atoms with van der Waals surface area (Å²) in [5, 5.41) is 0. The Hall–Kier alpha value is -1.04. The summed E-state index contributed by atoms with van der Waals surface area (Å²) in [5.41, 5.74) is 1.26. The predicted octanol–water partition coefficient (Wildman–Crippen LogP) is 2.22. The van der Waals surface area contributed by atoms with Gasteiger partial charge >= 0.3 is 0 Å². The normalized spacial score (nSPS) is 8.89. The number of allylic oxidation sites excluding steroid dienone is 1. The first kappa shape index (κ1) is 6.09. The topological polar surface area (TPSA) is 0 Å². The second kappa shape index (κ2) is 3.08. The fourth-order valence-corrected chi connectivity index (χ4v) is 0.750. The zero-order chi connectivity index (χ0) is 6.53. The predicted molar refractivity (Wildman–Crippen MR) is 39.0 cm³/mol. The molecule has 0 aliphatic carbocycles. The molecule has 0 N–H and O–H groups in total. The lowest BCUT2D eigenvalue weighted by Gasteiger charge is -1.94. The Morgan fingerprint density at radius 2 is 1.89 bits per heavy atom. The monoisotopic (exact) mass is 117 g/mol. The van der Waals surface area contributed by atoms with Crippen molar-refractivity contribution in [2.24, 2.45) is 0 Å². The smallest absolute Gasteiger partial charge is 0.0418 e. The molecule has 0 atom stereocenters. The van der Waals surface area contributed by atoms with Gasteiger partial charge in [-0.25, -0.2) is 0 Å². The summed E-state index contributed by atoms with van der Waals surface area (Å²) < 4.78 is 0. The molecular formula is C9H9-. The Morgan fingerprint density at radius 3 is 2.44 bits per heavy atom. The third-order valence-corrected chi connectivity index (χ3v) is 1.20. The molecule has 0 aromatic heterocycles. The van der Waals surface area contributed by atoms with E-state index in [9.17, 15) is 0 Å². The quantitative estimate of drug-likeness (QED) is 0.521. The number of rotatable bonds is 2. The van der Waals surface area contributed by atoms with Crippen molar-refractivity contribution < 1.29 is 0 Å². The minimum Gasteiger partial charge on any atom is -0.518 e. The van der Waals surface area contributed by atoms with Gasteiger partial charge in [0.25, 0.3) is 0 Å². The van der Waals surface area contributed by atoms with Gasteiger partial charge in [0, 0.05) is 0 Å². The summed E-state index contributed by atoms with van der Waals surface area (Å²) in [6, 6.07) is 10.1. The van der Waals surface area contributed by atoms with E-state index in [2.05, 4.69) is 12.1 Å². The maximum atomic E-state index is 5.24. The number of hydrogen-bond acceptors (Lipinski definition) is 0. The van der Waals surface area contributed by atoms with Crippen LogP contribution in [0.3, 0.4) is 0 Å².